The van der Waals surface area contributed by atoms with Gasteiger partial charge in [0.25, 0.3) is 0 Å². The minimum absolute atomic E-state index is 0.257. The first-order valence-electron chi connectivity index (χ1n) is 7.27. The Morgan fingerprint density at radius 1 is 1.33 bits per heavy atom. The predicted molar refractivity (Wildman–Crippen MR) is 81.7 cm³/mol. The molecule has 0 unspecified atom stereocenters. The van der Waals surface area contributed by atoms with Crippen LogP contribution in [-0.4, -0.2) is 37.7 Å². The zero-order valence-electron chi connectivity index (χ0n) is 11.8. The number of nitrogens with one attached hydrogen (secondary N) is 2. The van der Waals surface area contributed by atoms with Gasteiger partial charge in [0.05, 0.1) is 6.33 Å². The molecule has 0 aliphatic heterocycles. The number of allylic oxidation sites excluding steroid dienone is 1. The van der Waals surface area contributed by atoms with Crippen molar-refractivity contribution in [1.82, 2.24) is 19.9 Å². The van der Waals surface area contributed by atoms with Crippen molar-refractivity contribution in [2.24, 2.45) is 5.92 Å². The Bertz CT molecular complexity index is 633. The van der Waals surface area contributed by atoms with Crippen molar-refractivity contribution in [3.8, 4) is 0 Å². The van der Waals surface area contributed by atoms with Crippen LogP contribution in [0.2, 0.25) is 0 Å². The highest BCUT2D eigenvalue weighted by molar-refractivity contribution is 5.83. The Hall–Kier alpha value is -2.15. The highest BCUT2D eigenvalue weighted by Crippen LogP contribution is 2.26. The van der Waals surface area contributed by atoms with E-state index in [4.69, 9.17) is 10.8 Å². The summed E-state index contributed by atoms with van der Waals surface area (Å²) >= 11 is 0. The Balaban J connectivity index is 0.000000160. The van der Waals surface area contributed by atoms with Gasteiger partial charge in [0.2, 0.25) is 5.95 Å². The normalized spacial score (nSPS) is 20.3. The fourth-order valence-electron chi connectivity index (χ4n) is 2.22. The van der Waals surface area contributed by atoms with Crippen LogP contribution in [0.1, 0.15) is 25.7 Å². The van der Waals surface area contributed by atoms with Crippen molar-refractivity contribution in [1.29, 1.82) is 0 Å². The smallest absolute Gasteiger partial charge is 0.224 e. The lowest BCUT2D eigenvalue weighted by Crippen LogP contribution is -2.06. The molecule has 7 nitrogen and oxygen atoms in total. The number of nitrogen functional groups attached to an aromatic ring is 1. The summed E-state index contributed by atoms with van der Waals surface area (Å²) in [4.78, 5) is 15.2. The zero-order valence-corrected chi connectivity index (χ0v) is 11.8. The highest BCUT2D eigenvalue weighted by Gasteiger charge is 2.23. The second-order valence-electron chi connectivity index (χ2n) is 5.40. The van der Waals surface area contributed by atoms with Gasteiger partial charge in [-0.2, -0.15) is 9.97 Å². The maximum atomic E-state index is 8.51. The molecule has 2 aliphatic rings. The van der Waals surface area contributed by atoms with E-state index in [0.29, 0.717) is 24.2 Å². The molecule has 2 aliphatic carbocycles. The molecule has 1 atom stereocenters. The first-order chi connectivity index (χ1) is 10.3. The number of aliphatic hydroxyl groups excluding tert-OH is 1. The summed E-state index contributed by atoms with van der Waals surface area (Å²) < 4.78 is 0. The van der Waals surface area contributed by atoms with Crippen LogP contribution < -0.4 is 11.1 Å². The molecule has 21 heavy (non-hydrogen) atoms. The van der Waals surface area contributed by atoms with E-state index in [2.05, 4.69) is 37.4 Å². The third-order valence-electron chi connectivity index (χ3n) is 3.57. The molecule has 0 saturated heterocycles. The summed E-state index contributed by atoms with van der Waals surface area (Å²) in [5.41, 5.74) is 7.00. The Labute approximate surface area is 122 Å². The molecule has 1 fully saturated rings. The molecule has 0 amide bonds. The number of aromatic nitrogens is 4. The molecular weight excluding hydrogens is 268 g/mol. The summed E-state index contributed by atoms with van der Waals surface area (Å²) in [6, 6.07) is 0.538. The number of rotatable bonds is 3. The number of fused-ring (bicyclic) bond motifs is 1. The number of nitrogens with zero attached hydrogens (tertiary/aromatic N) is 3. The second-order valence-corrected chi connectivity index (χ2v) is 5.40. The van der Waals surface area contributed by atoms with Crippen LogP contribution in [0.25, 0.3) is 11.2 Å². The summed E-state index contributed by atoms with van der Waals surface area (Å²) in [5.74, 6) is 1.49. The number of hydrogen-bond acceptors (Lipinski definition) is 6. The van der Waals surface area contributed by atoms with Crippen molar-refractivity contribution in [3.05, 3.63) is 18.5 Å². The van der Waals surface area contributed by atoms with Gasteiger partial charge in [-0.3, -0.25) is 0 Å². The average Bonchev–Trinajstić information content (AvgIpc) is 2.95. The van der Waals surface area contributed by atoms with Gasteiger partial charge < -0.3 is 21.1 Å². The molecular formula is C14H20N6O. The van der Waals surface area contributed by atoms with E-state index in [0.717, 1.165) is 24.2 Å². The fourth-order valence-corrected chi connectivity index (χ4v) is 2.22. The van der Waals surface area contributed by atoms with Gasteiger partial charge in [-0.15, -0.1) is 0 Å². The van der Waals surface area contributed by atoms with E-state index >= 15 is 0 Å². The molecule has 5 N–H and O–H groups in total. The molecule has 2 aromatic heterocycles. The van der Waals surface area contributed by atoms with E-state index in [1.807, 2.05) is 0 Å². The Morgan fingerprint density at radius 2 is 2.19 bits per heavy atom. The summed E-state index contributed by atoms with van der Waals surface area (Å²) in [5, 5.41) is 11.8. The molecule has 2 aromatic rings. The largest absolute Gasteiger partial charge is 0.396 e. The molecule has 0 bridgehead atoms. The number of anilines is 2. The van der Waals surface area contributed by atoms with E-state index in [1.165, 1.54) is 12.8 Å². The second kappa shape index (κ2) is 6.09. The molecule has 0 aromatic carbocycles. The maximum Gasteiger partial charge on any atom is 0.224 e. The molecule has 2 heterocycles. The lowest BCUT2D eigenvalue weighted by Gasteiger charge is -2.04. The predicted octanol–water partition coefficient (Wildman–Crippen LogP) is 1.45. The van der Waals surface area contributed by atoms with Gasteiger partial charge in [-0.25, -0.2) is 4.98 Å². The molecule has 0 radical (unpaired) electrons. The van der Waals surface area contributed by atoms with E-state index in [1.54, 1.807) is 6.33 Å². The van der Waals surface area contributed by atoms with Crippen LogP contribution in [0.15, 0.2) is 18.5 Å². The number of aliphatic hydroxyl groups is 1. The molecule has 112 valence electrons. The van der Waals surface area contributed by atoms with Crippen LogP contribution >= 0.6 is 0 Å². The number of aromatic amines is 1. The SMILES string of the molecule is Nc1nc(NC2CC2)c2[nH]cnc2n1.OC[C@@H]1C=CCC1. The maximum absolute atomic E-state index is 8.51. The van der Waals surface area contributed by atoms with E-state index in [-0.39, 0.29) is 5.95 Å². The quantitative estimate of drug-likeness (QED) is 0.636. The molecule has 1 saturated carbocycles. The van der Waals surface area contributed by atoms with Crippen LogP contribution in [-0.2, 0) is 0 Å². The highest BCUT2D eigenvalue weighted by atomic mass is 16.3. The monoisotopic (exact) mass is 288 g/mol. The van der Waals surface area contributed by atoms with Gasteiger partial charge in [0, 0.05) is 18.6 Å². The van der Waals surface area contributed by atoms with Crippen molar-refractivity contribution < 1.29 is 5.11 Å². The summed E-state index contributed by atoms with van der Waals surface area (Å²) in [6.45, 7) is 0.330. The first-order valence-corrected chi connectivity index (χ1v) is 7.27. The lowest BCUT2D eigenvalue weighted by molar-refractivity contribution is 0.251. The number of imidazole rings is 1. The number of H-pyrrole nitrogens is 1. The van der Waals surface area contributed by atoms with Crippen LogP contribution in [0.4, 0.5) is 11.8 Å². The van der Waals surface area contributed by atoms with E-state index in [9.17, 15) is 0 Å². The average molecular weight is 288 g/mol. The standard InChI is InChI=1S/C8H10N6.C6H10O/c9-8-13-6-5(10-3-11-6)7(14-8)12-4-1-2-4;7-5-6-3-1-2-4-6/h3-4H,1-2H2,(H4,9,10,11,12,13,14);1,3,6-7H,2,4-5H2/t;6-/m.1/s1. The van der Waals surface area contributed by atoms with Gasteiger partial charge in [0.15, 0.2) is 11.5 Å². The third-order valence-corrected chi connectivity index (χ3v) is 3.57. The number of nitrogens with two attached hydrogens (primary N) is 1. The van der Waals surface area contributed by atoms with Crippen molar-refractivity contribution in [2.75, 3.05) is 17.7 Å². The third kappa shape index (κ3) is 3.49. The van der Waals surface area contributed by atoms with Gasteiger partial charge >= 0.3 is 0 Å². The molecule has 0 spiro atoms. The number of hydrogen-bond donors (Lipinski definition) is 4. The minimum Gasteiger partial charge on any atom is -0.396 e. The molecule has 4 rings (SSSR count). The van der Waals surface area contributed by atoms with Crippen molar-refractivity contribution >= 4 is 22.9 Å². The summed E-state index contributed by atoms with van der Waals surface area (Å²) in [7, 11) is 0. The van der Waals surface area contributed by atoms with Gasteiger partial charge in [-0.1, -0.05) is 12.2 Å². The van der Waals surface area contributed by atoms with Crippen molar-refractivity contribution in [3.63, 3.8) is 0 Å². The molecule has 7 heteroatoms. The lowest BCUT2D eigenvalue weighted by atomic mass is 10.1. The topological polar surface area (TPSA) is 113 Å². The summed E-state index contributed by atoms with van der Waals surface area (Å²) in [6.07, 6.45) is 10.5. The Morgan fingerprint density at radius 3 is 2.81 bits per heavy atom. The van der Waals surface area contributed by atoms with Gasteiger partial charge in [0.1, 0.15) is 5.52 Å². The fraction of sp³-hybridized carbons (Fsp3) is 0.500. The van der Waals surface area contributed by atoms with Crippen LogP contribution in [0.3, 0.4) is 0 Å². The zero-order chi connectivity index (χ0) is 14.7. The first kappa shape index (κ1) is 13.8. The van der Waals surface area contributed by atoms with Crippen LogP contribution in [0.5, 0.6) is 0 Å². The van der Waals surface area contributed by atoms with E-state index < -0.39 is 0 Å². The van der Waals surface area contributed by atoms with Crippen molar-refractivity contribution in [2.45, 2.75) is 31.7 Å². The van der Waals surface area contributed by atoms with Gasteiger partial charge in [-0.05, 0) is 25.7 Å². The Kier molecular flexibility index (Phi) is 4.01. The minimum atomic E-state index is 0.257. The van der Waals surface area contributed by atoms with Crippen LogP contribution in [0, 0.1) is 5.92 Å².